The topological polar surface area (TPSA) is 47.4 Å². The van der Waals surface area contributed by atoms with Gasteiger partial charge < -0.3 is 9.64 Å². The molecule has 3 atom stereocenters. The highest BCUT2D eigenvalue weighted by Crippen LogP contribution is 2.38. The summed E-state index contributed by atoms with van der Waals surface area (Å²) in [5, 5.41) is 4.26. The summed E-state index contributed by atoms with van der Waals surface area (Å²) in [5.74, 6) is 1.11. The molecule has 3 rings (SSSR count). The van der Waals surface area contributed by atoms with E-state index >= 15 is 0 Å². The van der Waals surface area contributed by atoms with Gasteiger partial charge in [0.1, 0.15) is 5.69 Å². The molecule has 2 bridgehead atoms. The molecule has 1 saturated heterocycles. The first-order valence-corrected chi connectivity index (χ1v) is 7.47. The minimum absolute atomic E-state index is 0.114. The number of likely N-dealkylation sites (tertiary alicyclic amines) is 1. The van der Waals surface area contributed by atoms with Crippen LogP contribution in [-0.4, -0.2) is 46.9 Å². The van der Waals surface area contributed by atoms with Gasteiger partial charge in [0.15, 0.2) is 0 Å². The molecule has 20 heavy (non-hydrogen) atoms. The van der Waals surface area contributed by atoms with Crippen molar-refractivity contribution < 1.29 is 9.53 Å². The van der Waals surface area contributed by atoms with E-state index in [1.54, 1.807) is 13.3 Å². The normalized spacial score (nSPS) is 29.2. The Kier molecular flexibility index (Phi) is 3.54. The van der Waals surface area contributed by atoms with Gasteiger partial charge in [0.2, 0.25) is 0 Å². The van der Waals surface area contributed by atoms with E-state index in [-0.39, 0.29) is 11.9 Å². The fraction of sp³-hybridized carbons (Fsp3) is 0.733. The predicted octanol–water partition coefficient (Wildman–Crippen LogP) is 1.96. The van der Waals surface area contributed by atoms with E-state index in [2.05, 4.69) is 5.10 Å². The number of methoxy groups -OCH3 is 1. The van der Waals surface area contributed by atoms with Gasteiger partial charge in [-0.1, -0.05) is 0 Å². The number of hydrogen-bond donors (Lipinski definition) is 0. The minimum Gasteiger partial charge on any atom is -0.381 e. The summed E-state index contributed by atoms with van der Waals surface area (Å²) in [6, 6.07) is 2.03. The zero-order valence-corrected chi connectivity index (χ0v) is 12.5. The van der Waals surface area contributed by atoms with Crippen LogP contribution in [0.5, 0.6) is 0 Å². The molecule has 2 heterocycles. The van der Waals surface area contributed by atoms with Crippen LogP contribution in [0.15, 0.2) is 12.3 Å². The van der Waals surface area contributed by atoms with Crippen molar-refractivity contribution in [2.24, 2.45) is 11.8 Å². The molecule has 5 heteroatoms. The quantitative estimate of drug-likeness (QED) is 0.848. The lowest BCUT2D eigenvalue weighted by molar-refractivity contribution is -0.0117. The summed E-state index contributed by atoms with van der Waals surface area (Å²) >= 11 is 0. The van der Waals surface area contributed by atoms with Crippen molar-refractivity contribution in [3.05, 3.63) is 18.0 Å². The van der Waals surface area contributed by atoms with E-state index in [1.807, 2.05) is 29.5 Å². The Balaban J connectivity index is 1.78. The summed E-state index contributed by atoms with van der Waals surface area (Å²) in [5.41, 5.74) is 0.704. The maximum absolute atomic E-state index is 12.7. The molecule has 5 nitrogen and oxygen atoms in total. The highest BCUT2D eigenvalue weighted by molar-refractivity contribution is 5.92. The molecule has 1 aliphatic carbocycles. The molecule has 1 aromatic rings. The Hall–Kier alpha value is -1.36. The molecular formula is C15H23N3O2. The molecule has 1 aromatic heterocycles. The van der Waals surface area contributed by atoms with Gasteiger partial charge in [-0.25, -0.2) is 0 Å². The van der Waals surface area contributed by atoms with E-state index in [1.165, 1.54) is 12.8 Å². The Morgan fingerprint density at radius 1 is 1.35 bits per heavy atom. The molecular weight excluding hydrogens is 254 g/mol. The Morgan fingerprint density at radius 3 is 2.55 bits per heavy atom. The smallest absolute Gasteiger partial charge is 0.272 e. The molecule has 110 valence electrons. The van der Waals surface area contributed by atoms with Crippen molar-refractivity contribution in [2.75, 3.05) is 20.2 Å². The molecule has 1 amide bonds. The lowest BCUT2D eigenvalue weighted by atomic mass is 9.94. The van der Waals surface area contributed by atoms with E-state index in [9.17, 15) is 4.79 Å². The second-order valence-corrected chi connectivity index (χ2v) is 6.26. The molecule has 0 radical (unpaired) electrons. The highest BCUT2D eigenvalue weighted by Gasteiger charge is 2.43. The van der Waals surface area contributed by atoms with Gasteiger partial charge >= 0.3 is 0 Å². The molecule has 0 aromatic carbocycles. The number of rotatable bonds is 3. The summed E-state index contributed by atoms with van der Waals surface area (Å²) in [4.78, 5) is 14.7. The van der Waals surface area contributed by atoms with Crippen LogP contribution in [-0.2, 0) is 4.74 Å². The molecule has 0 spiro atoms. The van der Waals surface area contributed by atoms with Gasteiger partial charge in [-0.2, -0.15) is 5.10 Å². The zero-order valence-electron chi connectivity index (χ0n) is 12.5. The van der Waals surface area contributed by atoms with E-state index < -0.39 is 0 Å². The molecule has 1 unspecified atom stereocenters. The number of amides is 1. The molecule has 1 aliphatic heterocycles. The van der Waals surface area contributed by atoms with Crippen LogP contribution in [0.1, 0.15) is 43.2 Å². The first kappa shape index (κ1) is 13.6. The summed E-state index contributed by atoms with van der Waals surface area (Å²) < 4.78 is 7.42. The monoisotopic (exact) mass is 277 g/mol. The van der Waals surface area contributed by atoms with Crippen LogP contribution in [0, 0.1) is 11.8 Å². The summed E-state index contributed by atoms with van der Waals surface area (Å²) in [7, 11) is 1.79. The number of nitrogens with zero attached hydrogens (tertiary/aromatic N) is 3. The third-order valence-electron chi connectivity index (χ3n) is 4.69. The molecule has 0 N–H and O–H groups in total. The number of carbonyl (C=O) groups is 1. The number of aromatic nitrogens is 2. The van der Waals surface area contributed by atoms with Crippen molar-refractivity contribution >= 4 is 5.91 Å². The van der Waals surface area contributed by atoms with Crippen LogP contribution in [0.4, 0.5) is 0 Å². The second kappa shape index (κ2) is 5.20. The number of ether oxygens (including phenoxy) is 1. The summed E-state index contributed by atoms with van der Waals surface area (Å²) in [6.07, 6.45) is 4.41. The first-order valence-electron chi connectivity index (χ1n) is 7.47. The van der Waals surface area contributed by atoms with Gasteiger partial charge in [-0.15, -0.1) is 0 Å². The standard InChI is InChI=1S/C15H23N3O2/c1-10(2)18-13(6-7-16-18)15(19)17-8-11-4-5-12(9-17)14(11)20-3/h6-7,10-12,14H,4-5,8-9H2,1-3H3/t11-,12+,14?. The third-order valence-corrected chi connectivity index (χ3v) is 4.69. The first-order chi connectivity index (χ1) is 9.61. The SMILES string of the molecule is COC1[C@@H]2CC[C@H]1CN(C(=O)c1ccnn1C(C)C)C2. The fourth-order valence-corrected chi connectivity index (χ4v) is 3.78. The number of carbonyl (C=O) groups excluding carboxylic acids is 1. The molecule has 2 fully saturated rings. The largest absolute Gasteiger partial charge is 0.381 e. The fourth-order valence-electron chi connectivity index (χ4n) is 3.78. The van der Waals surface area contributed by atoms with Gasteiger partial charge in [-0.05, 0) is 32.8 Å². The van der Waals surface area contributed by atoms with Gasteiger partial charge in [0, 0.05) is 44.3 Å². The van der Waals surface area contributed by atoms with Gasteiger partial charge in [0.25, 0.3) is 5.91 Å². The number of fused-ring (bicyclic) bond motifs is 2. The highest BCUT2D eigenvalue weighted by atomic mass is 16.5. The van der Waals surface area contributed by atoms with Crippen molar-refractivity contribution in [3.63, 3.8) is 0 Å². The maximum Gasteiger partial charge on any atom is 0.272 e. The average molecular weight is 277 g/mol. The van der Waals surface area contributed by atoms with Crippen molar-refractivity contribution in [1.82, 2.24) is 14.7 Å². The van der Waals surface area contributed by atoms with Crippen molar-refractivity contribution in [3.8, 4) is 0 Å². The lowest BCUT2D eigenvalue weighted by Crippen LogP contribution is -2.48. The van der Waals surface area contributed by atoms with Crippen LogP contribution in [0.25, 0.3) is 0 Å². The Bertz CT molecular complexity index is 483. The number of hydrogen-bond acceptors (Lipinski definition) is 3. The maximum atomic E-state index is 12.7. The van der Waals surface area contributed by atoms with Crippen LogP contribution >= 0.6 is 0 Å². The number of piperidine rings is 1. The Labute approximate surface area is 119 Å². The molecule has 2 aliphatic rings. The minimum atomic E-state index is 0.114. The third kappa shape index (κ3) is 2.14. The zero-order chi connectivity index (χ0) is 14.3. The average Bonchev–Trinajstić information content (AvgIpc) is 3.00. The van der Waals surface area contributed by atoms with Crippen LogP contribution in [0.3, 0.4) is 0 Å². The van der Waals surface area contributed by atoms with Crippen molar-refractivity contribution in [1.29, 1.82) is 0 Å². The van der Waals surface area contributed by atoms with Crippen LogP contribution in [0.2, 0.25) is 0 Å². The van der Waals surface area contributed by atoms with Gasteiger partial charge in [0.05, 0.1) is 6.10 Å². The van der Waals surface area contributed by atoms with E-state index in [0.717, 1.165) is 13.1 Å². The predicted molar refractivity (Wildman–Crippen MR) is 75.5 cm³/mol. The second-order valence-electron chi connectivity index (χ2n) is 6.26. The van der Waals surface area contributed by atoms with Gasteiger partial charge in [-0.3, -0.25) is 9.48 Å². The lowest BCUT2D eigenvalue weighted by Gasteiger charge is -2.37. The Morgan fingerprint density at radius 2 is 2.00 bits per heavy atom. The van der Waals surface area contributed by atoms with E-state index in [4.69, 9.17) is 4.74 Å². The molecule has 1 saturated carbocycles. The van der Waals surface area contributed by atoms with E-state index in [0.29, 0.717) is 23.6 Å². The van der Waals surface area contributed by atoms with Crippen LogP contribution < -0.4 is 0 Å². The van der Waals surface area contributed by atoms with Crippen molar-refractivity contribution in [2.45, 2.75) is 38.8 Å². The summed E-state index contributed by atoms with van der Waals surface area (Å²) in [6.45, 7) is 5.73.